The first kappa shape index (κ1) is 22.7. The van der Waals surface area contributed by atoms with Gasteiger partial charge in [0.2, 0.25) is 12.1 Å². The van der Waals surface area contributed by atoms with E-state index in [1.165, 1.54) is 0 Å². The van der Waals surface area contributed by atoms with Crippen LogP contribution in [-0.2, 0) is 21.7 Å². The Morgan fingerprint density at radius 3 is 2.69 bits per heavy atom. The lowest BCUT2D eigenvalue weighted by Gasteiger charge is -2.45. The second-order valence-electron chi connectivity index (χ2n) is 8.47. The van der Waals surface area contributed by atoms with Gasteiger partial charge in [-0.1, -0.05) is 75.9 Å². The molecule has 2 aliphatic rings. The number of carbonyl (C=O) groups is 1. The Balaban J connectivity index is 1.78. The fourth-order valence-corrected chi connectivity index (χ4v) is 4.67. The van der Waals surface area contributed by atoms with Gasteiger partial charge in [0.25, 0.3) is 0 Å². The van der Waals surface area contributed by atoms with E-state index >= 15 is 0 Å². The normalized spacial score (nSPS) is 22.4. The lowest BCUT2D eigenvalue weighted by Crippen LogP contribution is -2.47. The maximum Gasteiger partial charge on any atom is 0.230 e. The maximum atomic E-state index is 13.3. The van der Waals surface area contributed by atoms with E-state index in [4.69, 9.17) is 14.2 Å². The van der Waals surface area contributed by atoms with Gasteiger partial charge in [0, 0.05) is 23.8 Å². The molecule has 0 spiro atoms. The first-order chi connectivity index (χ1) is 15.6. The van der Waals surface area contributed by atoms with Gasteiger partial charge in [0.1, 0.15) is 5.75 Å². The first-order valence-electron chi connectivity index (χ1n) is 11.6. The lowest BCUT2D eigenvalue weighted by molar-refractivity contribution is -0.271. The summed E-state index contributed by atoms with van der Waals surface area (Å²) in [6, 6.07) is 11.2. The largest absolute Gasteiger partial charge is 0.460 e. The fourth-order valence-electron chi connectivity index (χ4n) is 4.67. The van der Waals surface area contributed by atoms with Crippen molar-refractivity contribution >= 4 is 5.78 Å². The molecule has 1 aliphatic carbocycles. The quantitative estimate of drug-likeness (QED) is 0.429. The van der Waals surface area contributed by atoms with Gasteiger partial charge in [0.05, 0.1) is 11.7 Å². The first-order valence-corrected chi connectivity index (χ1v) is 11.6. The third kappa shape index (κ3) is 3.90. The van der Waals surface area contributed by atoms with Gasteiger partial charge in [-0.15, -0.1) is 0 Å². The number of aliphatic hydroxyl groups excluding tert-OH is 1. The maximum absolute atomic E-state index is 13.3. The van der Waals surface area contributed by atoms with Crippen molar-refractivity contribution < 1.29 is 24.1 Å². The van der Waals surface area contributed by atoms with E-state index in [1.807, 2.05) is 36.4 Å². The van der Waals surface area contributed by atoms with E-state index in [1.54, 1.807) is 19.3 Å². The van der Waals surface area contributed by atoms with Gasteiger partial charge in [-0.05, 0) is 30.5 Å². The summed E-state index contributed by atoms with van der Waals surface area (Å²) in [7, 11) is 1.60. The highest BCUT2D eigenvalue weighted by molar-refractivity contribution is 6.13. The van der Waals surface area contributed by atoms with Crippen LogP contribution in [-0.4, -0.2) is 30.4 Å². The number of unbranched alkanes of at least 4 members (excludes halogenated alkanes) is 2. The smallest absolute Gasteiger partial charge is 0.230 e. The van der Waals surface area contributed by atoms with Crippen LogP contribution < -0.4 is 4.74 Å². The molecule has 2 aromatic rings. The summed E-state index contributed by atoms with van der Waals surface area (Å²) < 4.78 is 18.8. The zero-order valence-electron chi connectivity index (χ0n) is 19.1. The number of aliphatic hydroxyl groups is 1. The van der Waals surface area contributed by atoms with Gasteiger partial charge in [0.15, 0.2) is 5.78 Å². The van der Waals surface area contributed by atoms with Gasteiger partial charge < -0.3 is 14.6 Å². The predicted octanol–water partition coefficient (Wildman–Crippen LogP) is 5.26. The van der Waals surface area contributed by atoms with Crippen molar-refractivity contribution in [2.45, 2.75) is 70.6 Å². The molecule has 0 amide bonds. The number of ether oxygens (including phenoxy) is 3. The van der Waals surface area contributed by atoms with Crippen molar-refractivity contribution in [2.24, 2.45) is 0 Å². The molecule has 1 aliphatic heterocycles. The molecule has 1 N–H and O–H groups in total. The topological polar surface area (TPSA) is 65.0 Å². The molecule has 5 heteroatoms. The Morgan fingerprint density at radius 2 is 1.94 bits per heavy atom. The molecule has 0 aromatic heterocycles. The molecule has 0 radical (unpaired) electrons. The lowest BCUT2D eigenvalue weighted by atomic mass is 9.78. The Bertz CT molecular complexity index is 1010. The van der Waals surface area contributed by atoms with Crippen molar-refractivity contribution in [2.75, 3.05) is 7.11 Å². The van der Waals surface area contributed by atoms with Crippen LogP contribution in [0.3, 0.4) is 0 Å². The second-order valence-corrected chi connectivity index (χ2v) is 8.47. The van der Waals surface area contributed by atoms with Crippen LogP contribution in [0.5, 0.6) is 5.75 Å². The minimum atomic E-state index is -1.25. The number of benzene rings is 2. The van der Waals surface area contributed by atoms with E-state index in [0.717, 1.165) is 37.7 Å². The zero-order chi connectivity index (χ0) is 22.7. The molecule has 0 fully saturated rings. The number of aryl methyl sites for hydroxylation is 1. The van der Waals surface area contributed by atoms with E-state index < -0.39 is 18.2 Å². The predicted molar refractivity (Wildman–Crippen MR) is 123 cm³/mol. The minimum absolute atomic E-state index is 0.0555. The van der Waals surface area contributed by atoms with Crippen LogP contribution in [0.2, 0.25) is 0 Å². The number of hydrogen-bond donors (Lipinski definition) is 1. The molecule has 2 aromatic carbocycles. The number of hydrogen-bond acceptors (Lipinski definition) is 5. The average molecular weight is 437 g/mol. The second kappa shape index (κ2) is 9.57. The van der Waals surface area contributed by atoms with Crippen molar-refractivity contribution in [1.82, 2.24) is 0 Å². The molecule has 1 heterocycles. The van der Waals surface area contributed by atoms with E-state index in [2.05, 4.69) is 13.8 Å². The van der Waals surface area contributed by atoms with Crippen LogP contribution in [0, 0.1) is 0 Å². The number of ketones is 1. The summed E-state index contributed by atoms with van der Waals surface area (Å²) in [5, 5.41) is 10.4. The standard InChI is InChI=1S/C27H32O5/c1-4-6-7-11-19(28)15-17-23-31-26-18(10-5-2)14-16-21-24(26)27(30-3,32-23)22-13-9-8-12-20(22)25(21)29/h8-9,12-17,19,23,28H,4-7,10-11H2,1-3H3/b17-15+. The summed E-state index contributed by atoms with van der Waals surface area (Å²) in [4.78, 5) is 13.3. The van der Waals surface area contributed by atoms with Crippen molar-refractivity contribution in [1.29, 1.82) is 0 Å². The number of rotatable bonds is 9. The SMILES string of the molecule is CCCCCC(O)/C=C/C1Oc2c(CCC)ccc3c2C(OC)(O1)c1ccccc1C3=O. The highest BCUT2D eigenvalue weighted by Crippen LogP contribution is 2.52. The third-order valence-electron chi connectivity index (χ3n) is 6.26. The highest BCUT2D eigenvalue weighted by atomic mass is 16.8. The fraction of sp³-hybridized carbons (Fsp3) is 0.444. The third-order valence-corrected chi connectivity index (χ3v) is 6.26. The summed E-state index contributed by atoms with van der Waals surface area (Å²) in [6.45, 7) is 4.25. The van der Waals surface area contributed by atoms with Gasteiger partial charge in [-0.25, -0.2) is 0 Å². The van der Waals surface area contributed by atoms with Crippen LogP contribution in [0.4, 0.5) is 0 Å². The molecule has 170 valence electrons. The molecule has 32 heavy (non-hydrogen) atoms. The molecule has 3 unspecified atom stereocenters. The molecular formula is C27H32O5. The Morgan fingerprint density at radius 1 is 1.12 bits per heavy atom. The van der Waals surface area contributed by atoms with Crippen molar-refractivity contribution in [3.8, 4) is 5.75 Å². The van der Waals surface area contributed by atoms with Gasteiger partial charge >= 0.3 is 0 Å². The van der Waals surface area contributed by atoms with Crippen molar-refractivity contribution in [3.63, 3.8) is 0 Å². The Kier molecular flexibility index (Phi) is 6.79. The monoisotopic (exact) mass is 436 g/mol. The summed E-state index contributed by atoms with van der Waals surface area (Å²) in [5.41, 5.74) is 3.45. The van der Waals surface area contributed by atoms with Crippen LogP contribution in [0.15, 0.2) is 48.6 Å². The minimum Gasteiger partial charge on any atom is -0.460 e. The van der Waals surface area contributed by atoms with Crippen LogP contribution in [0.1, 0.15) is 78.6 Å². The molecule has 5 nitrogen and oxygen atoms in total. The molecule has 0 saturated carbocycles. The number of methoxy groups -OCH3 is 1. The van der Waals surface area contributed by atoms with Gasteiger partial charge in [-0.3, -0.25) is 9.53 Å². The molecule has 4 rings (SSSR count). The Labute approximate surface area is 190 Å². The van der Waals surface area contributed by atoms with E-state index in [9.17, 15) is 9.90 Å². The van der Waals surface area contributed by atoms with E-state index in [-0.39, 0.29) is 5.78 Å². The average Bonchev–Trinajstić information content (AvgIpc) is 2.82. The van der Waals surface area contributed by atoms with Gasteiger partial charge in [-0.2, -0.15) is 0 Å². The van der Waals surface area contributed by atoms with Crippen LogP contribution in [0.25, 0.3) is 0 Å². The summed E-state index contributed by atoms with van der Waals surface area (Å²) in [5.74, 6) is -0.658. The molecular weight excluding hydrogens is 404 g/mol. The molecule has 3 atom stereocenters. The van der Waals surface area contributed by atoms with Crippen molar-refractivity contribution in [3.05, 3.63) is 76.4 Å². The number of fused-ring (bicyclic) bond motifs is 2. The van der Waals surface area contributed by atoms with E-state index in [0.29, 0.717) is 34.4 Å². The van der Waals surface area contributed by atoms with Crippen LogP contribution >= 0.6 is 0 Å². The Hall–Kier alpha value is -2.47. The molecule has 0 bridgehead atoms. The zero-order valence-corrected chi connectivity index (χ0v) is 19.1. The summed E-state index contributed by atoms with van der Waals surface area (Å²) >= 11 is 0. The summed E-state index contributed by atoms with van der Waals surface area (Å²) in [6.07, 6.45) is 7.80. The number of carbonyl (C=O) groups excluding carboxylic acids is 1. The molecule has 0 saturated heterocycles. The highest BCUT2D eigenvalue weighted by Gasteiger charge is 2.52.